The Kier molecular flexibility index (Phi) is 4.92. The van der Waals surface area contributed by atoms with Gasteiger partial charge in [0.2, 0.25) is 5.91 Å². The average Bonchev–Trinajstić information content (AvgIpc) is 2.26. The third-order valence-electron chi connectivity index (χ3n) is 2.20. The van der Waals surface area contributed by atoms with Gasteiger partial charge in [-0.05, 0) is 32.4 Å². The average molecular weight is 221 g/mol. The molecule has 2 N–H and O–H groups in total. The highest BCUT2D eigenvalue weighted by Crippen LogP contribution is 2.08. The molecule has 0 radical (unpaired) electrons. The minimum absolute atomic E-state index is 0.0192. The number of nitrogens with zero attached hydrogens (tertiary/aromatic N) is 1. The minimum atomic E-state index is 0.0192. The van der Waals surface area contributed by atoms with Crippen molar-refractivity contribution in [1.29, 1.82) is 0 Å². The molecule has 1 rings (SSSR count). The molecule has 16 heavy (non-hydrogen) atoms. The van der Waals surface area contributed by atoms with Crippen LogP contribution in [0.3, 0.4) is 0 Å². The van der Waals surface area contributed by atoms with Crippen molar-refractivity contribution in [3.05, 3.63) is 30.1 Å². The van der Waals surface area contributed by atoms with Crippen LogP contribution < -0.4 is 10.6 Å². The van der Waals surface area contributed by atoms with Crippen LogP contribution in [0.4, 0.5) is 0 Å². The van der Waals surface area contributed by atoms with Gasteiger partial charge in [0, 0.05) is 24.5 Å². The predicted octanol–water partition coefficient (Wildman–Crippen LogP) is 1.26. The summed E-state index contributed by atoms with van der Waals surface area (Å²) in [6, 6.07) is 4.20. The fourth-order valence-corrected chi connectivity index (χ4v) is 1.37. The molecule has 4 heteroatoms. The van der Waals surface area contributed by atoms with Crippen molar-refractivity contribution >= 4 is 5.91 Å². The monoisotopic (exact) mass is 221 g/mol. The fraction of sp³-hybridized carbons (Fsp3) is 0.500. The van der Waals surface area contributed by atoms with Crippen LogP contribution in [-0.4, -0.2) is 23.5 Å². The van der Waals surface area contributed by atoms with Crippen molar-refractivity contribution in [2.45, 2.75) is 32.9 Å². The largest absolute Gasteiger partial charge is 0.353 e. The minimum Gasteiger partial charge on any atom is -0.353 e. The predicted molar refractivity (Wildman–Crippen MR) is 63.9 cm³/mol. The summed E-state index contributed by atoms with van der Waals surface area (Å²) in [6.07, 6.45) is 3.54. The van der Waals surface area contributed by atoms with Gasteiger partial charge >= 0.3 is 0 Å². The van der Waals surface area contributed by atoms with Crippen LogP contribution >= 0.6 is 0 Å². The lowest BCUT2D eigenvalue weighted by Crippen LogP contribution is -2.38. The summed E-state index contributed by atoms with van der Waals surface area (Å²) >= 11 is 0. The Morgan fingerprint density at radius 3 is 2.75 bits per heavy atom. The van der Waals surface area contributed by atoms with Gasteiger partial charge in [-0.2, -0.15) is 0 Å². The third kappa shape index (κ3) is 4.40. The summed E-state index contributed by atoms with van der Waals surface area (Å²) in [5, 5.41) is 5.98. The molecule has 1 amide bonds. The van der Waals surface area contributed by atoms with Crippen molar-refractivity contribution in [2.75, 3.05) is 6.54 Å². The van der Waals surface area contributed by atoms with Crippen molar-refractivity contribution < 1.29 is 4.79 Å². The highest BCUT2D eigenvalue weighted by Gasteiger charge is 2.07. The molecule has 0 aliphatic rings. The standard InChI is InChI=1S/C12H19N3O/c1-9(2)15-12(16)8-14-10(3)11-5-4-6-13-7-11/h4-7,9-10,14H,8H2,1-3H3,(H,15,16)/t10-/m1/s1. The number of hydrogen-bond donors (Lipinski definition) is 2. The van der Waals surface area contributed by atoms with Crippen molar-refractivity contribution in [1.82, 2.24) is 15.6 Å². The zero-order valence-electron chi connectivity index (χ0n) is 10.0. The summed E-state index contributed by atoms with van der Waals surface area (Å²) in [4.78, 5) is 15.4. The second-order valence-corrected chi connectivity index (χ2v) is 4.11. The van der Waals surface area contributed by atoms with Crippen LogP contribution in [0.5, 0.6) is 0 Å². The Hall–Kier alpha value is -1.42. The molecule has 0 saturated heterocycles. The Bertz CT molecular complexity index is 324. The molecule has 4 nitrogen and oxygen atoms in total. The summed E-state index contributed by atoms with van der Waals surface area (Å²) in [5.41, 5.74) is 1.08. The van der Waals surface area contributed by atoms with Gasteiger partial charge < -0.3 is 10.6 Å². The lowest BCUT2D eigenvalue weighted by Gasteiger charge is -2.14. The summed E-state index contributed by atoms with van der Waals surface area (Å²) in [7, 11) is 0. The number of amides is 1. The summed E-state index contributed by atoms with van der Waals surface area (Å²) < 4.78 is 0. The first-order chi connectivity index (χ1) is 7.59. The maximum atomic E-state index is 11.4. The molecule has 0 aliphatic carbocycles. The lowest BCUT2D eigenvalue weighted by molar-refractivity contribution is -0.120. The second-order valence-electron chi connectivity index (χ2n) is 4.11. The van der Waals surface area contributed by atoms with Crippen LogP contribution in [0.25, 0.3) is 0 Å². The zero-order valence-corrected chi connectivity index (χ0v) is 10.0. The van der Waals surface area contributed by atoms with Crippen LogP contribution in [0.15, 0.2) is 24.5 Å². The quantitative estimate of drug-likeness (QED) is 0.787. The van der Waals surface area contributed by atoms with Crippen molar-refractivity contribution in [2.24, 2.45) is 0 Å². The molecular weight excluding hydrogens is 202 g/mol. The molecule has 0 aromatic carbocycles. The maximum Gasteiger partial charge on any atom is 0.234 e. The van der Waals surface area contributed by atoms with E-state index in [2.05, 4.69) is 15.6 Å². The Morgan fingerprint density at radius 2 is 2.19 bits per heavy atom. The van der Waals surface area contributed by atoms with E-state index in [1.165, 1.54) is 0 Å². The van der Waals surface area contributed by atoms with E-state index < -0.39 is 0 Å². The number of rotatable bonds is 5. The van der Waals surface area contributed by atoms with E-state index in [0.717, 1.165) is 5.56 Å². The number of pyridine rings is 1. The molecule has 0 unspecified atom stereocenters. The van der Waals surface area contributed by atoms with Crippen molar-refractivity contribution in [3.8, 4) is 0 Å². The normalized spacial score (nSPS) is 12.5. The first kappa shape index (κ1) is 12.6. The van der Waals surface area contributed by atoms with Gasteiger partial charge in [-0.1, -0.05) is 6.07 Å². The van der Waals surface area contributed by atoms with E-state index in [1.54, 1.807) is 12.4 Å². The van der Waals surface area contributed by atoms with Gasteiger partial charge in [0.15, 0.2) is 0 Å². The fourth-order valence-electron chi connectivity index (χ4n) is 1.37. The molecular formula is C12H19N3O. The van der Waals surface area contributed by atoms with E-state index in [0.29, 0.717) is 6.54 Å². The molecule has 0 fully saturated rings. The number of hydrogen-bond acceptors (Lipinski definition) is 3. The molecule has 0 saturated carbocycles. The molecule has 0 spiro atoms. The SMILES string of the molecule is CC(C)NC(=O)CN[C@H](C)c1cccnc1. The number of carbonyl (C=O) groups is 1. The molecule has 1 aromatic rings. The number of carbonyl (C=O) groups excluding carboxylic acids is 1. The van der Waals surface area contributed by atoms with Gasteiger partial charge in [0.05, 0.1) is 6.54 Å². The van der Waals surface area contributed by atoms with Gasteiger partial charge in [-0.3, -0.25) is 9.78 Å². The third-order valence-corrected chi connectivity index (χ3v) is 2.20. The molecule has 1 atom stereocenters. The highest BCUT2D eigenvalue weighted by molar-refractivity contribution is 5.78. The van der Waals surface area contributed by atoms with Gasteiger partial charge in [-0.25, -0.2) is 0 Å². The highest BCUT2D eigenvalue weighted by atomic mass is 16.1. The Balaban J connectivity index is 2.36. The summed E-state index contributed by atoms with van der Waals surface area (Å²) in [6.45, 7) is 6.23. The smallest absolute Gasteiger partial charge is 0.234 e. The first-order valence-electron chi connectivity index (χ1n) is 5.52. The van der Waals surface area contributed by atoms with E-state index in [1.807, 2.05) is 32.9 Å². The number of aromatic nitrogens is 1. The number of nitrogens with one attached hydrogen (secondary N) is 2. The summed E-state index contributed by atoms with van der Waals surface area (Å²) in [5.74, 6) is 0.0192. The molecule has 88 valence electrons. The van der Waals surface area contributed by atoms with Gasteiger partial charge in [-0.15, -0.1) is 0 Å². The van der Waals surface area contributed by atoms with E-state index in [9.17, 15) is 4.79 Å². The molecule has 0 aliphatic heterocycles. The zero-order chi connectivity index (χ0) is 12.0. The van der Waals surface area contributed by atoms with Gasteiger partial charge in [0.1, 0.15) is 0 Å². The molecule has 1 aromatic heterocycles. The lowest BCUT2D eigenvalue weighted by atomic mass is 10.1. The van der Waals surface area contributed by atoms with E-state index >= 15 is 0 Å². The Morgan fingerprint density at radius 1 is 1.44 bits per heavy atom. The Labute approximate surface area is 96.5 Å². The maximum absolute atomic E-state index is 11.4. The van der Waals surface area contributed by atoms with Crippen LogP contribution in [0.1, 0.15) is 32.4 Å². The first-order valence-corrected chi connectivity index (χ1v) is 5.52. The van der Waals surface area contributed by atoms with Crippen molar-refractivity contribution in [3.63, 3.8) is 0 Å². The second kappa shape index (κ2) is 6.23. The topological polar surface area (TPSA) is 54.0 Å². The molecule has 0 bridgehead atoms. The molecule has 1 heterocycles. The van der Waals surface area contributed by atoms with Crippen LogP contribution in [0.2, 0.25) is 0 Å². The van der Waals surface area contributed by atoms with Gasteiger partial charge in [0.25, 0.3) is 0 Å². The van der Waals surface area contributed by atoms with E-state index in [4.69, 9.17) is 0 Å². The van der Waals surface area contributed by atoms with E-state index in [-0.39, 0.29) is 18.0 Å². The van der Waals surface area contributed by atoms with Crippen LogP contribution in [-0.2, 0) is 4.79 Å². The van der Waals surface area contributed by atoms with Crippen LogP contribution in [0, 0.1) is 0 Å².